The number of amides is 6. The van der Waals surface area contributed by atoms with Crippen molar-refractivity contribution in [2.75, 3.05) is 13.1 Å². The summed E-state index contributed by atoms with van der Waals surface area (Å²) in [5.74, 6) is -7.12. The number of nitrogens with two attached hydrogens (primary N) is 1. The molecule has 2 aromatic rings. The van der Waals surface area contributed by atoms with Gasteiger partial charge in [-0.15, -0.1) is 0 Å². The second-order valence-electron chi connectivity index (χ2n) is 15.2. The van der Waals surface area contributed by atoms with Crippen molar-refractivity contribution in [3.63, 3.8) is 0 Å². The Bertz CT molecular complexity index is 1790. The van der Waals surface area contributed by atoms with E-state index in [0.717, 1.165) is 19.3 Å². The number of aromatic carboxylic acids is 1. The maximum absolute atomic E-state index is 14.6. The van der Waals surface area contributed by atoms with Crippen molar-refractivity contribution in [1.82, 2.24) is 26.2 Å². The monoisotopic (exact) mass is 776 g/mol. The Balaban J connectivity index is 1.49. The summed E-state index contributed by atoms with van der Waals surface area (Å²) in [6.45, 7) is 6.45. The van der Waals surface area contributed by atoms with Gasteiger partial charge in [0.25, 0.3) is 11.8 Å². The van der Waals surface area contributed by atoms with Crippen LogP contribution in [-0.4, -0.2) is 100 Å². The standard InChI is InChI=1S/C40H52N6O10/c1-5-28(33(48)37(52)42-21-30(47)44-31(34(41)49)23-13-8-6-9-14-23)43-36(51)29-20-27(56-40(2,3)4)22-46(29)38(53)32(24-15-10-7-11-16-24)45-35(50)25-17-12-18-26(19-25)39(54)55/h6,8-9,12-14,17-19,24,27-29,31-32H,5,7,10-11,15-16,20-22H2,1-4H3,(H2,41,49)(H,42,52)(H,43,51)(H,44,47)(H,45,50)(H,54,55)/t27-,28?,29+,31+,32+/m1/s1. The lowest BCUT2D eigenvalue weighted by Gasteiger charge is -2.35. The van der Waals surface area contributed by atoms with E-state index in [1.807, 2.05) is 20.8 Å². The van der Waals surface area contributed by atoms with E-state index < -0.39 is 89.6 Å². The average Bonchev–Trinajstić information content (AvgIpc) is 3.59. The predicted molar refractivity (Wildman–Crippen MR) is 203 cm³/mol. The molecule has 302 valence electrons. The minimum absolute atomic E-state index is 0.000690. The number of carboxylic acids is 1. The Morgan fingerprint density at radius 3 is 2.16 bits per heavy atom. The lowest BCUT2D eigenvalue weighted by molar-refractivity contribution is -0.143. The van der Waals surface area contributed by atoms with Crippen LogP contribution in [0.25, 0.3) is 0 Å². The fraction of sp³-hybridized carbons (Fsp3) is 0.500. The molecular formula is C40H52N6O10. The molecule has 16 nitrogen and oxygen atoms in total. The van der Waals surface area contributed by atoms with Crippen molar-refractivity contribution in [3.05, 3.63) is 71.3 Å². The van der Waals surface area contributed by atoms with Crippen LogP contribution in [0, 0.1) is 5.92 Å². The second-order valence-corrected chi connectivity index (χ2v) is 15.2. The predicted octanol–water partition coefficient (Wildman–Crippen LogP) is 1.77. The summed E-state index contributed by atoms with van der Waals surface area (Å²) in [4.78, 5) is 106. The molecule has 0 radical (unpaired) electrons. The average molecular weight is 777 g/mol. The minimum atomic E-state index is -1.32. The number of rotatable bonds is 16. The Kier molecular flexibility index (Phi) is 14.8. The van der Waals surface area contributed by atoms with Gasteiger partial charge in [-0.1, -0.05) is 62.6 Å². The highest BCUT2D eigenvalue weighted by atomic mass is 16.5. The zero-order valence-corrected chi connectivity index (χ0v) is 32.2. The van der Waals surface area contributed by atoms with Crippen molar-refractivity contribution in [1.29, 1.82) is 0 Å². The van der Waals surface area contributed by atoms with Gasteiger partial charge in [0.2, 0.25) is 29.4 Å². The third-order valence-corrected chi connectivity index (χ3v) is 9.81. The fourth-order valence-corrected chi connectivity index (χ4v) is 7.12. The van der Waals surface area contributed by atoms with Crippen molar-refractivity contribution in [2.24, 2.45) is 11.7 Å². The number of carbonyl (C=O) groups is 8. The molecule has 1 aliphatic heterocycles. The van der Waals surface area contributed by atoms with Gasteiger partial charge < -0.3 is 41.7 Å². The van der Waals surface area contributed by atoms with Crippen LogP contribution in [0.2, 0.25) is 0 Å². The highest BCUT2D eigenvalue weighted by molar-refractivity contribution is 6.38. The summed E-state index contributed by atoms with van der Waals surface area (Å²) in [7, 11) is 0. The SMILES string of the molecule is CCC(NC(=O)[C@@H]1C[C@@H](OC(C)(C)C)CN1C(=O)[C@@H](NC(=O)c1cccc(C(=O)O)c1)C1CCCCC1)C(=O)C(=O)NCC(=O)N[C@H](C(N)=O)c1ccccc1. The van der Waals surface area contributed by atoms with Crippen molar-refractivity contribution in [3.8, 4) is 0 Å². The summed E-state index contributed by atoms with van der Waals surface area (Å²) in [6.07, 6.45) is 3.42. The van der Waals surface area contributed by atoms with Crippen LogP contribution in [0.1, 0.15) is 105 Å². The largest absolute Gasteiger partial charge is 0.478 e. The molecule has 6 amide bonds. The lowest BCUT2D eigenvalue weighted by Crippen LogP contribution is -2.58. The van der Waals surface area contributed by atoms with Crippen LogP contribution < -0.4 is 27.0 Å². The van der Waals surface area contributed by atoms with Crippen LogP contribution in [0.15, 0.2) is 54.6 Å². The van der Waals surface area contributed by atoms with E-state index in [0.29, 0.717) is 18.4 Å². The zero-order chi connectivity index (χ0) is 41.2. The summed E-state index contributed by atoms with van der Waals surface area (Å²) in [5, 5.41) is 19.6. The molecule has 0 bridgehead atoms. The smallest absolute Gasteiger partial charge is 0.335 e. The van der Waals surface area contributed by atoms with Crippen LogP contribution in [0.5, 0.6) is 0 Å². The number of carbonyl (C=O) groups excluding carboxylic acids is 7. The molecule has 16 heteroatoms. The molecule has 5 atom stereocenters. The summed E-state index contributed by atoms with van der Waals surface area (Å²) in [5.41, 5.74) is 5.22. The van der Waals surface area contributed by atoms with Gasteiger partial charge >= 0.3 is 5.97 Å². The molecule has 1 aliphatic carbocycles. The highest BCUT2D eigenvalue weighted by Gasteiger charge is 2.46. The van der Waals surface area contributed by atoms with E-state index in [9.17, 15) is 43.5 Å². The summed E-state index contributed by atoms with van der Waals surface area (Å²) >= 11 is 0. The molecule has 1 heterocycles. The van der Waals surface area contributed by atoms with E-state index in [-0.39, 0.29) is 36.4 Å². The van der Waals surface area contributed by atoms with E-state index in [2.05, 4.69) is 21.3 Å². The topological polar surface area (TPSA) is 243 Å². The molecule has 2 fully saturated rings. The first-order valence-electron chi connectivity index (χ1n) is 18.9. The number of hydrogen-bond donors (Lipinski definition) is 6. The molecule has 0 aromatic heterocycles. The number of nitrogens with zero attached hydrogens (tertiary/aromatic N) is 1. The Morgan fingerprint density at radius 2 is 1.55 bits per heavy atom. The first-order chi connectivity index (χ1) is 26.5. The van der Waals surface area contributed by atoms with E-state index >= 15 is 0 Å². The number of ketones is 1. The van der Waals surface area contributed by atoms with E-state index in [1.165, 1.54) is 29.2 Å². The molecule has 56 heavy (non-hydrogen) atoms. The molecule has 1 saturated heterocycles. The third-order valence-electron chi connectivity index (χ3n) is 9.81. The molecule has 7 N–H and O–H groups in total. The van der Waals surface area contributed by atoms with Gasteiger partial charge in [-0.05, 0) is 69.7 Å². The molecule has 1 unspecified atom stereocenters. The number of ether oxygens (including phenoxy) is 1. The summed E-state index contributed by atoms with van der Waals surface area (Å²) in [6, 6.07) is 9.05. The Labute approximate surface area is 325 Å². The molecular weight excluding hydrogens is 724 g/mol. The van der Waals surface area contributed by atoms with Crippen molar-refractivity contribution < 1.29 is 48.2 Å². The van der Waals surface area contributed by atoms with Crippen molar-refractivity contribution in [2.45, 2.75) is 109 Å². The maximum atomic E-state index is 14.6. The van der Waals surface area contributed by atoms with Gasteiger partial charge in [0.15, 0.2) is 0 Å². The maximum Gasteiger partial charge on any atom is 0.335 e. The van der Waals surface area contributed by atoms with Crippen LogP contribution in [0.4, 0.5) is 0 Å². The summed E-state index contributed by atoms with van der Waals surface area (Å²) < 4.78 is 6.20. The Morgan fingerprint density at radius 1 is 0.893 bits per heavy atom. The van der Waals surface area contributed by atoms with Gasteiger partial charge in [-0.25, -0.2) is 4.79 Å². The molecule has 2 aliphatic rings. The van der Waals surface area contributed by atoms with Gasteiger partial charge in [-0.3, -0.25) is 33.6 Å². The molecule has 4 rings (SSSR count). The molecule has 0 spiro atoms. The number of benzene rings is 2. The van der Waals surface area contributed by atoms with Gasteiger partial charge in [0.1, 0.15) is 18.1 Å². The third kappa shape index (κ3) is 11.7. The molecule has 2 aromatic carbocycles. The van der Waals surface area contributed by atoms with Crippen LogP contribution in [0.3, 0.4) is 0 Å². The number of carboxylic acid groups (broad SMARTS) is 1. The lowest BCUT2D eigenvalue weighted by atomic mass is 9.83. The van der Waals surface area contributed by atoms with Gasteiger partial charge in [-0.2, -0.15) is 0 Å². The Hall–Kier alpha value is -5.64. The second kappa shape index (κ2) is 19.3. The van der Waals surface area contributed by atoms with E-state index in [1.54, 1.807) is 37.3 Å². The minimum Gasteiger partial charge on any atom is -0.478 e. The first kappa shape index (κ1) is 43.1. The van der Waals surface area contributed by atoms with E-state index in [4.69, 9.17) is 10.5 Å². The van der Waals surface area contributed by atoms with Crippen LogP contribution >= 0.6 is 0 Å². The van der Waals surface area contributed by atoms with Gasteiger partial charge in [0, 0.05) is 18.5 Å². The number of likely N-dealkylation sites (tertiary alicyclic amines) is 1. The number of hydrogen-bond acceptors (Lipinski definition) is 9. The zero-order valence-electron chi connectivity index (χ0n) is 32.2. The van der Waals surface area contributed by atoms with Crippen molar-refractivity contribution >= 4 is 47.2 Å². The number of primary amides is 1. The van der Waals surface area contributed by atoms with Gasteiger partial charge in [0.05, 0.1) is 29.9 Å². The normalized spacial score (nSPS) is 18.8. The highest BCUT2D eigenvalue weighted by Crippen LogP contribution is 2.31. The number of Topliss-reactive ketones (excluding diaryl/α,β-unsaturated/α-hetero) is 1. The fourth-order valence-electron chi connectivity index (χ4n) is 7.12. The quantitative estimate of drug-likeness (QED) is 0.135. The van der Waals surface area contributed by atoms with Crippen LogP contribution in [-0.2, 0) is 33.5 Å². The molecule has 1 saturated carbocycles. The number of nitrogens with one attached hydrogen (secondary N) is 4. The first-order valence-corrected chi connectivity index (χ1v) is 18.9.